The molecule has 1 atom stereocenters. The van der Waals surface area contributed by atoms with E-state index >= 15 is 0 Å². The third kappa shape index (κ3) is 5.35. The molecule has 0 heterocycles. The van der Waals surface area contributed by atoms with Crippen LogP contribution in [-0.4, -0.2) is 20.4 Å². The molecule has 0 aliphatic carbocycles. The van der Waals surface area contributed by atoms with Crippen LogP contribution >= 0.6 is 11.6 Å². The molecule has 0 bridgehead atoms. The average molecular weight is 431 g/mol. The third-order valence-corrected chi connectivity index (χ3v) is 5.39. The highest BCUT2D eigenvalue weighted by Gasteiger charge is 2.17. The van der Waals surface area contributed by atoms with Gasteiger partial charge in [-0.05, 0) is 54.4 Å². The monoisotopic (exact) mass is 430 g/mol. The molecule has 0 radical (unpaired) electrons. The van der Waals surface area contributed by atoms with E-state index in [0.717, 1.165) is 11.1 Å². The molecule has 0 spiro atoms. The summed E-state index contributed by atoms with van der Waals surface area (Å²) in [4.78, 5) is 12.3. The predicted octanol–water partition coefficient (Wildman–Crippen LogP) is 4.06. The Balaban J connectivity index is 1.66. The van der Waals surface area contributed by atoms with E-state index in [4.69, 9.17) is 21.5 Å². The first-order valence-corrected chi connectivity index (χ1v) is 10.6. The summed E-state index contributed by atoms with van der Waals surface area (Å²) in [7, 11) is -3.79. The Morgan fingerprint density at radius 1 is 1.00 bits per heavy atom. The zero-order valence-corrected chi connectivity index (χ0v) is 17.1. The lowest BCUT2D eigenvalue weighted by atomic mass is 10.1. The van der Waals surface area contributed by atoms with Gasteiger partial charge in [-0.1, -0.05) is 48.0 Å². The second kappa shape index (κ2) is 8.65. The molecule has 0 aliphatic rings. The number of benzene rings is 3. The molecule has 0 saturated carbocycles. The number of ether oxygens (including phenoxy) is 1. The van der Waals surface area contributed by atoms with Crippen molar-refractivity contribution in [3.63, 3.8) is 0 Å². The molecule has 1 amide bonds. The number of halogens is 1. The van der Waals surface area contributed by atoms with E-state index in [1.54, 1.807) is 19.1 Å². The molecule has 29 heavy (non-hydrogen) atoms. The molecular formula is C21H19ClN2O4S. The number of hydrogen-bond acceptors (Lipinski definition) is 4. The Morgan fingerprint density at radius 3 is 2.24 bits per heavy atom. The van der Waals surface area contributed by atoms with Crippen LogP contribution in [0.5, 0.6) is 5.75 Å². The van der Waals surface area contributed by atoms with Gasteiger partial charge in [0.05, 0.1) is 9.92 Å². The van der Waals surface area contributed by atoms with Crippen molar-refractivity contribution in [2.24, 2.45) is 5.14 Å². The Kier molecular flexibility index (Phi) is 6.22. The van der Waals surface area contributed by atoms with Crippen molar-refractivity contribution in [2.45, 2.75) is 17.9 Å². The van der Waals surface area contributed by atoms with Gasteiger partial charge in [-0.2, -0.15) is 0 Å². The van der Waals surface area contributed by atoms with Gasteiger partial charge in [-0.15, -0.1) is 0 Å². The second-order valence-corrected chi connectivity index (χ2v) is 8.30. The van der Waals surface area contributed by atoms with E-state index in [9.17, 15) is 13.2 Å². The van der Waals surface area contributed by atoms with Crippen molar-refractivity contribution in [2.75, 3.05) is 5.32 Å². The molecule has 6 nitrogen and oxygen atoms in total. The van der Waals surface area contributed by atoms with E-state index in [2.05, 4.69) is 5.32 Å². The van der Waals surface area contributed by atoms with Gasteiger partial charge in [0.25, 0.3) is 5.91 Å². The number of nitrogens with one attached hydrogen (secondary N) is 1. The first-order valence-electron chi connectivity index (χ1n) is 8.69. The van der Waals surface area contributed by atoms with Gasteiger partial charge in [0.1, 0.15) is 5.75 Å². The maximum Gasteiger partial charge on any atom is 0.265 e. The molecule has 8 heteroatoms. The van der Waals surface area contributed by atoms with Crippen LogP contribution in [0, 0.1) is 0 Å². The quantitative estimate of drug-likeness (QED) is 0.616. The molecule has 3 N–H and O–H groups in total. The minimum atomic E-state index is -3.79. The lowest BCUT2D eigenvalue weighted by Crippen LogP contribution is -2.30. The highest BCUT2D eigenvalue weighted by Crippen LogP contribution is 2.31. The Labute approximate surface area is 174 Å². The second-order valence-electron chi connectivity index (χ2n) is 6.33. The molecule has 150 valence electrons. The lowest BCUT2D eigenvalue weighted by Gasteiger charge is -2.16. The number of sulfonamides is 1. The molecule has 0 aromatic heterocycles. The lowest BCUT2D eigenvalue weighted by molar-refractivity contribution is -0.122. The number of nitrogens with two attached hydrogens (primary N) is 1. The Bertz CT molecular complexity index is 1120. The van der Waals surface area contributed by atoms with Gasteiger partial charge in [-0.25, -0.2) is 13.6 Å². The number of primary sulfonamides is 1. The molecule has 1 unspecified atom stereocenters. The third-order valence-electron chi connectivity index (χ3n) is 4.16. The number of hydrogen-bond donors (Lipinski definition) is 2. The molecule has 3 aromatic rings. The van der Waals surface area contributed by atoms with Crippen molar-refractivity contribution >= 4 is 33.2 Å². The average Bonchev–Trinajstić information content (AvgIpc) is 2.69. The molecule has 0 fully saturated rings. The van der Waals surface area contributed by atoms with Gasteiger partial charge in [0, 0.05) is 5.69 Å². The Hall–Kier alpha value is -2.87. The number of carbonyl (C=O) groups is 1. The van der Waals surface area contributed by atoms with E-state index in [1.807, 2.05) is 36.4 Å². The highest BCUT2D eigenvalue weighted by atomic mass is 35.5. The van der Waals surface area contributed by atoms with Crippen LogP contribution in [0.25, 0.3) is 11.1 Å². The van der Waals surface area contributed by atoms with Crippen molar-refractivity contribution in [3.8, 4) is 16.9 Å². The molecular weight excluding hydrogens is 412 g/mol. The summed E-state index contributed by atoms with van der Waals surface area (Å²) in [5.41, 5.74) is 2.38. The highest BCUT2D eigenvalue weighted by molar-refractivity contribution is 7.89. The van der Waals surface area contributed by atoms with E-state index < -0.39 is 22.0 Å². The fraction of sp³-hybridized carbons (Fsp3) is 0.0952. The van der Waals surface area contributed by atoms with Gasteiger partial charge >= 0.3 is 0 Å². The van der Waals surface area contributed by atoms with Gasteiger partial charge in [-0.3, -0.25) is 4.79 Å². The molecule has 0 aliphatic heterocycles. The number of carbonyl (C=O) groups excluding carboxylic acids is 1. The number of amides is 1. The van der Waals surface area contributed by atoms with E-state index in [0.29, 0.717) is 16.5 Å². The van der Waals surface area contributed by atoms with E-state index in [-0.39, 0.29) is 4.90 Å². The summed E-state index contributed by atoms with van der Waals surface area (Å²) in [5, 5.41) is 8.10. The smallest absolute Gasteiger partial charge is 0.265 e. The summed E-state index contributed by atoms with van der Waals surface area (Å²) < 4.78 is 28.3. The normalized spacial score (nSPS) is 12.2. The maximum absolute atomic E-state index is 12.4. The fourth-order valence-electron chi connectivity index (χ4n) is 2.62. The minimum absolute atomic E-state index is 0.0370. The zero-order valence-electron chi connectivity index (χ0n) is 15.5. The van der Waals surface area contributed by atoms with Gasteiger partial charge in [0.15, 0.2) is 6.10 Å². The van der Waals surface area contributed by atoms with E-state index in [1.165, 1.54) is 24.3 Å². The molecule has 3 aromatic carbocycles. The molecule has 3 rings (SSSR count). The van der Waals surface area contributed by atoms with Crippen molar-refractivity contribution in [1.82, 2.24) is 0 Å². The summed E-state index contributed by atoms with van der Waals surface area (Å²) >= 11 is 6.32. The van der Waals surface area contributed by atoms with Crippen LogP contribution in [-0.2, 0) is 14.8 Å². The van der Waals surface area contributed by atoms with Crippen LogP contribution in [0.4, 0.5) is 5.69 Å². The number of anilines is 1. The summed E-state index contributed by atoms with van der Waals surface area (Å²) in [6.07, 6.45) is -0.826. The SMILES string of the molecule is CC(Oc1ccc(-c2ccccc2)cc1Cl)C(=O)Nc1ccc(S(N)(=O)=O)cc1. The van der Waals surface area contributed by atoms with Crippen LogP contribution in [0.1, 0.15) is 6.92 Å². The topological polar surface area (TPSA) is 98.5 Å². The first kappa shape index (κ1) is 20.9. The zero-order chi connectivity index (χ0) is 21.0. The van der Waals surface area contributed by atoms with Crippen LogP contribution in [0.3, 0.4) is 0 Å². The van der Waals surface area contributed by atoms with Crippen molar-refractivity contribution < 1.29 is 17.9 Å². The summed E-state index contributed by atoms with van der Waals surface area (Å²) in [6, 6.07) is 20.7. The Morgan fingerprint density at radius 2 is 1.66 bits per heavy atom. The summed E-state index contributed by atoms with van der Waals surface area (Å²) in [6.45, 7) is 1.59. The maximum atomic E-state index is 12.4. The van der Waals surface area contributed by atoms with Crippen LogP contribution in [0.15, 0.2) is 77.7 Å². The van der Waals surface area contributed by atoms with Crippen molar-refractivity contribution in [3.05, 3.63) is 77.8 Å². The van der Waals surface area contributed by atoms with Crippen LogP contribution < -0.4 is 15.2 Å². The van der Waals surface area contributed by atoms with Crippen molar-refractivity contribution in [1.29, 1.82) is 0 Å². The minimum Gasteiger partial charge on any atom is -0.479 e. The molecule has 0 saturated heterocycles. The predicted molar refractivity (Wildman–Crippen MR) is 113 cm³/mol. The number of rotatable bonds is 6. The van der Waals surface area contributed by atoms with Gasteiger partial charge in [0.2, 0.25) is 10.0 Å². The fourth-order valence-corrected chi connectivity index (χ4v) is 3.36. The first-order chi connectivity index (χ1) is 13.7. The standard InChI is InChI=1S/C21H19ClN2O4S/c1-14(21(25)24-17-8-10-18(11-9-17)29(23,26)27)28-20-12-7-16(13-19(20)22)15-5-3-2-4-6-15/h2-14H,1H3,(H,24,25)(H2,23,26,27). The summed E-state index contributed by atoms with van der Waals surface area (Å²) in [5.74, 6) is -0.0184. The van der Waals surface area contributed by atoms with Crippen LogP contribution in [0.2, 0.25) is 5.02 Å². The van der Waals surface area contributed by atoms with Gasteiger partial charge < -0.3 is 10.1 Å². The largest absolute Gasteiger partial charge is 0.479 e.